The van der Waals surface area contributed by atoms with E-state index in [4.69, 9.17) is 4.74 Å². The van der Waals surface area contributed by atoms with E-state index in [2.05, 4.69) is 0 Å². The Kier molecular flexibility index (Phi) is 3.46. The van der Waals surface area contributed by atoms with E-state index in [1.807, 2.05) is 0 Å². The van der Waals surface area contributed by atoms with Crippen LogP contribution in [0.2, 0.25) is 0 Å². The van der Waals surface area contributed by atoms with Crippen molar-refractivity contribution in [2.75, 3.05) is 11.5 Å². The van der Waals surface area contributed by atoms with Gasteiger partial charge < -0.3 is 9.84 Å². The molecule has 0 aromatic heterocycles. The smallest absolute Gasteiger partial charge is 0.273 e. The lowest BCUT2D eigenvalue weighted by molar-refractivity contribution is -0.385. The third-order valence-corrected chi connectivity index (χ3v) is 4.62. The van der Waals surface area contributed by atoms with E-state index < -0.39 is 27.0 Å². The van der Waals surface area contributed by atoms with E-state index in [9.17, 15) is 23.6 Å². The van der Waals surface area contributed by atoms with Crippen LogP contribution in [0, 0.1) is 17.0 Å². The zero-order valence-corrected chi connectivity index (χ0v) is 11.0. The van der Waals surface area contributed by atoms with Crippen molar-refractivity contribution in [3.63, 3.8) is 0 Å². The normalized spacial score (nSPS) is 25.2. The molecule has 1 aromatic rings. The number of rotatable bonds is 3. The zero-order chi connectivity index (χ0) is 14.2. The Labute approximate surface area is 109 Å². The van der Waals surface area contributed by atoms with Crippen LogP contribution in [0.4, 0.5) is 5.69 Å². The van der Waals surface area contributed by atoms with Crippen molar-refractivity contribution in [3.05, 3.63) is 33.9 Å². The summed E-state index contributed by atoms with van der Waals surface area (Å²) in [6.07, 6.45) is -1.99. The molecule has 1 aliphatic rings. The second kappa shape index (κ2) is 4.78. The summed E-state index contributed by atoms with van der Waals surface area (Å²) < 4.78 is 28.1. The van der Waals surface area contributed by atoms with Crippen molar-refractivity contribution < 1.29 is 23.2 Å². The van der Waals surface area contributed by atoms with Crippen molar-refractivity contribution in [1.82, 2.24) is 0 Å². The average molecular weight is 287 g/mol. The molecule has 0 amide bonds. The number of aliphatic hydroxyl groups excluding tert-OH is 1. The number of nitrogens with zero attached hydrogens (tertiary/aromatic N) is 1. The first kappa shape index (κ1) is 13.8. The molecule has 0 aliphatic carbocycles. The van der Waals surface area contributed by atoms with E-state index in [0.717, 1.165) is 0 Å². The number of hydrogen-bond donors (Lipinski definition) is 1. The predicted molar refractivity (Wildman–Crippen MR) is 66.9 cm³/mol. The number of nitro benzene ring substituents is 1. The van der Waals surface area contributed by atoms with Gasteiger partial charge in [-0.15, -0.1) is 0 Å². The molecule has 8 heteroatoms. The minimum absolute atomic E-state index is 0.143. The summed E-state index contributed by atoms with van der Waals surface area (Å²) in [6.45, 7) is 1.69. The van der Waals surface area contributed by atoms with Crippen molar-refractivity contribution in [2.24, 2.45) is 0 Å². The Hall–Kier alpha value is -1.67. The van der Waals surface area contributed by atoms with Crippen LogP contribution >= 0.6 is 0 Å². The number of aryl methyl sites for hydroxylation is 1. The summed E-state index contributed by atoms with van der Waals surface area (Å²) in [6, 6.07) is 4.08. The van der Waals surface area contributed by atoms with Crippen LogP contribution < -0.4 is 4.74 Å². The van der Waals surface area contributed by atoms with E-state index >= 15 is 0 Å². The van der Waals surface area contributed by atoms with Gasteiger partial charge in [-0.3, -0.25) is 10.1 Å². The van der Waals surface area contributed by atoms with Crippen LogP contribution in [0.3, 0.4) is 0 Å². The first-order chi connectivity index (χ1) is 8.78. The predicted octanol–water partition coefficient (Wildman–Crippen LogP) is 0.440. The highest BCUT2D eigenvalue weighted by Crippen LogP contribution is 2.27. The Bertz CT molecular complexity index is 612. The molecule has 104 valence electrons. The first-order valence-corrected chi connectivity index (χ1v) is 7.41. The minimum Gasteiger partial charge on any atom is -0.486 e. The number of benzene rings is 1. The maximum atomic E-state index is 11.4. The van der Waals surface area contributed by atoms with Gasteiger partial charge in [0.1, 0.15) is 18.0 Å². The fraction of sp³-hybridized carbons (Fsp3) is 0.455. The molecule has 2 rings (SSSR count). The second-order valence-corrected chi connectivity index (χ2v) is 6.66. The van der Waals surface area contributed by atoms with Crippen LogP contribution in [0.5, 0.6) is 5.75 Å². The van der Waals surface area contributed by atoms with Gasteiger partial charge in [0.05, 0.1) is 22.5 Å². The highest BCUT2D eigenvalue weighted by molar-refractivity contribution is 7.91. The molecule has 19 heavy (non-hydrogen) atoms. The van der Waals surface area contributed by atoms with Gasteiger partial charge in [0.2, 0.25) is 0 Å². The van der Waals surface area contributed by atoms with E-state index in [1.54, 1.807) is 6.92 Å². The molecule has 0 saturated carbocycles. The molecule has 2 atom stereocenters. The van der Waals surface area contributed by atoms with Gasteiger partial charge in [-0.2, -0.15) is 0 Å². The van der Waals surface area contributed by atoms with Gasteiger partial charge in [0.25, 0.3) is 5.69 Å². The monoisotopic (exact) mass is 287 g/mol. The van der Waals surface area contributed by atoms with Crippen molar-refractivity contribution in [1.29, 1.82) is 0 Å². The number of sulfone groups is 1. The van der Waals surface area contributed by atoms with Crippen LogP contribution in [0.15, 0.2) is 18.2 Å². The molecule has 1 fully saturated rings. The van der Waals surface area contributed by atoms with E-state index in [1.165, 1.54) is 18.2 Å². The Morgan fingerprint density at radius 3 is 2.63 bits per heavy atom. The summed E-state index contributed by atoms with van der Waals surface area (Å²) in [5, 5.41) is 20.3. The molecule has 2 unspecified atom stereocenters. The Balaban J connectivity index is 2.24. The number of nitro groups is 1. The molecule has 1 N–H and O–H groups in total. The third kappa shape index (κ3) is 3.02. The number of non-ortho nitro benzene ring substituents is 1. The summed E-state index contributed by atoms with van der Waals surface area (Å²) in [5.74, 6) is -0.405. The van der Waals surface area contributed by atoms with Gasteiger partial charge in [0.15, 0.2) is 9.84 Å². The van der Waals surface area contributed by atoms with E-state index in [0.29, 0.717) is 5.56 Å². The molecule has 7 nitrogen and oxygen atoms in total. The van der Waals surface area contributed by atoms with Gasteiger partial charge in [-0.05, 0) is 18.6 Å². The van der Waals surface area contributed by atoms with Crippen molar-refractivity contribution in [3.8, 4) is 5.75 Å². The fourth-order valence-corrected chi connectivity index (χ4v) is 3.56. The van der Waals surface area contributed by atoms with Gasteiger partial charge >= 0.3 is 0 Å². The molecule has 0 spiro atoms. The Morgan fingerprint density at radius 1 is 1.42 bits per heavy atom. The highest BCUT2D eigenvalue weighted by atomic mass is 32.2. The third-order valence-electron chi connectivity index (χ3n) is 2.93. The number of ether oxygens (including phenoxy) is 1. The molecule has 0 bridgehead atoms. The first-order valence-electron chi connectivity index (χ1n) is 5.59. The molecular formula is C11H13NO6S. The minimum atomic E-state index is -3.31. The SMILES string of the molecule is Cc1ccc([N+](=O)[O-])cc1OC1CS(=O)(=O)CC1O. The average Bonchev–Trinajstić information content (AvgIpc) is 2.54. The lowest BCUT2D eigenvalue weighted by Crippen LogP contribution is -2.30. The van der Waals surface area contributed by atoms with Crippen LogP contribution in [-0.4, -0.2) is 42.2 Å². The molecule has 1 aliphatic heterocycles. The lowest BCUT2D eigenvalue weighted by atomic mass is 10.2. The van der Waals surface area contributed by atoms with Crippen molar-refractivity contribution in [2.45, 2.75) is 19.1 Å². The summed E-state index contributed by atoms with van der Waals surface area (Å²) in [5.41, 5.74) is 0.498. The Morgan fingerprint density at radius 2 is 2.11 bits per heavy atom. The largest absolute Gasteiger partial charge is 0.486 e. The van der Waals surface area contributed by atoms with Crippen molar-refractivity contribution >= 4 is 15.5 Å². The topological polar surface area (TPSA) is 107 Å². The molecule has 1 heterocycles. The van der Waals surface area contributed by atoms with Gasteiger partial charge in [-0.25, -0.2) is 8.42 Å². The number of hydrogen-bond acceptors (Lipinski definition) is 6. The van der Waals surface area contributed by atoms with Gasteiger partial charge in [0, 0.05) is 6.07 Å². The molecular weight excluding hydrogens is 274 g/mol. The van der Waals surface area contributed by atoms with Crippen LogP contribution in [-0.2, 0) is 9.84 Å². The summed E-state index contributed by atoms with van der Waals surface area (Å²) in [4.78, 5) is 10.1. The lowest BCUT2D eigenvalue weighted by Gasteiger charge is -2.17. The number of aliphatic hydroxyl groups is 1. The highest BCUT2D eigenvalue weighted by Gasteiger charge is 2.38. The zero-order valence-electron chi connectivity index (χ0n) is 10.1. The summed E-state index contributed by atoms with van der Waals surface area (Å²) >= 11 is 0. The molecule has 0 radical (unpaired) electrons. The fourth-order valence-electron chi connectivity index (χ4n) is 1.90. The maximum Gasteiger partial charge on any atom is 0.273 e. The quantitative estimate of drug-likeness (QED) is 0.638. The second-order valence-electron chi connectivity index (χ2n) is 4.51. The molecule has 1 aromatic carbocycles. The standard InChI is InChI=1S/C11H13NO6S/c1-7-2-3-8(12(14)15)4-10(7)18-11-6-19(16,17)5-9(11)13/h2-4,9,11,13H,5-6H2,1H3. The van der Waals surface area contributed by atoms with Gasteiger partial charge in [-0.1, -0.05) is 0 Å². The molecule has 1 saturated heterocycles. The van der Waals surface area contributed by atoms with E-state index in [-0.39, 0.29) is 22.9 Å². The maximum absolute atomic E-state index is 11.4. The van der Waals surface area contributed by atoms with Crippen LogP contribution in [0.1, 0.15) is 5.56 Å². The summed E-state index contributed by atoms with van der Waals surface area (Å²) in [7, 11) is -3.31. The van der Waals surface area contributed by atoms with Crippen LogP contribution in [0.25, 0.3) is 0 Å².